The van der Waals surface area contributed by atoms with E-state index in [2.05, 4.69) is 16.9 Å². The average Bonchev–Trinajstić information content (AvgIpc) is 2.68. The number of carbonyl (C=O) groups is 1. The highest BCUT2D eigenvalue weighted by Crippen LogP contribution is 2.27. The maximum absolute atomic E-state index is 12.3. The Bertz CT molecular complexity index is 848. The molecule has 1 aliphatic heterocycles. The minimum absolute atomic E-state index is 0.281. The lowest BCUT2D eigenvalue weighted by molar-refractivity contribution is -0.111. The van der Waals surface area contributed by atoms with E-state index in [4.69, 9.17) is 15.9 Å². The third kappa shape index (κ3) is 5.54. The molecule has 6 nitrogen and oxygen atoms in total. The second kappa shape index (κ2) is 9.91. The molecule has 0 fully saturated rings. The molecule has 140 valence electrons. The molecule has 0 saturated carbocycles. The molecule has 0 saturated heterocycles. The number of rotatable bonds is 7. The molecule has 1 heterocycles. The molecule has 6 heteroatoms. The first-order chi connectivity index (χ1) is 13.1. The Morgan fingerprint density at radius 1 is 1.41 bits per heavy atom. The standard InChI is InChI=1S/C21H24N4O2/c1-3-24-14-17(15(2)18(12-22)13-23)7-9-21(26)25-19-8-6-16-5-4-10-27-20(16)11-19/h3,6-9,11-14,22H,1,4-5,10,23H2,2H3,(H,25,26)/b9-7+,17-15+,18-13+,22-12?,24-14-. The third-order valence-electron chi connectivity index (χ3n) is 4.12. The highest BCUT2D eigenvalue weighted by molar-refractivity contribution is 6.01. The van der Waals surface area contributed by atoms with Crippen molar-refractivity contribution in [1.82, 2.24) is 0 Å². The molecule has 1 aliphatic rings. The normalized spacial score (nSPS) is 15.1. The number of allylic oxidation sites excluding steroid dienone is 4. The summed E-state index contributed by atoms with van der Waals surface area (Å²) in [7, 11) is 0. The molecule has 0 aromatic heterocycles. The van der Waals surface area contributed by atoms with Crippen molar-refractivity contribution >= 4 is 24.0 Å². The number of fused-ring (bicyclic) bond motifs is 1. The molecule has 1 amide bonds. The number of nitrogens with one attached hydrogen (secondary N) is 2. The van der Waals surface area contributed by atoms with Crippen LogP contribution in [0.2, 0.25) is 0 Å². The lowest BCUT2D eigenvalue weighted by Crippen LogP contribution is -2.11. The smallest absolute Gasteiger partial charge is 0.248 e. The Kier molecular flexibility index (Phi) is 7.31. The molecule has 0 atom stereocenters. The van der Waals surface area contributed by atoms with Gasteiger partial charge in [0.2, 0.25) is 5.91 Å². The van der Waals surface area contributed by atoms with Crippen LogP contribution in [-0.2, 0) is 11.2 Å². The van der Waals surface area contributed by atoms with Gasteiger partial charge in [-0.2, -0.15) is 0 Å². The van der Waals surface area contributed by atoms with E-state index in [0.717, 1.165) is 35.9 Å². The van der Waals surface area contributed by atoms with Crippen LogP contribution in [0.25, 0.3) is 0 Å². The Labute approximate surface area is 159 Å². The number of hydrogen-bond donors (Lipinski definition) is 3. The van der Waals surface area contributed by atoms with Crippen molar-refractivity contribution in [3.8, 4) is 5.75 Å². The van der Waals surface area contributed by atoms with E-state index in [9.17, 15) is 4.79 Å². The quantitative estimate of drug-likeness (QED) is 0.392. The zero-order valence-corrected chi connectivity index (χ0v) is 15.4. The van der Waals surface area contributed by atoms with E-state index in [1.54, 1.807) is 19.2 Å². The van der Waals surface area contributed by atoms with Crippen molar-refractivity contribution in [2.75, 3.05) is 11.9 Å². The van der Waals surface area contributed by atoms with Crippen LogP contribution in [0.4, 0.5) is 5.69 Å². The van der Waals surface area contributed by atoms with Crippen molar-refractivity contribution in [3.63, 3.8) is 0 Å². The zero-order valence-electron chi connectivity index (χ0n) is 15.4. The molecule has 0 bridgehead atoms. The number of anilines is 1. The molecule has 4 N–H and O–H groups in total. The Balaban J connectivity index is 2.17. The Hall–Kier alpha value is -3.41. The van der Waals surface area contributed by atoms with Gasteiger partial charge in [-0.15, -0.1) is 0 Å². The van der Waals surface area contributed by atoms with Gasteiger partial charge in [0.05, 0.1) is 6.61 Å². The van der Waals surface area contributed by atoms with Gasteiger partial charge in [0.25, 0.3) is 0 Å². The molecule has 1 aromatic rings. The second-order valence-electron chi connectivity index (χ2n) is 5.90. The highest BCUT2D eigenvalue weighted by Gasteiger charge is 2.11. The summed E-state index contributed by atoms with van der Waals surface area (Å²) in [5, 5.41) is 10.2. The summed E-state index contributed by atoms with van der Waals surface area (Å²) in [6.07, 6.45) is 10.5. The summed E-state index contributed by atoms with van der Waals surface area (Å²) in [5.41, 5.74) is 9.29. The minimum atomic E-state index is -0.281. The van der Waals surface area contributed by atoms with Crippen LogP contribution >= 0.6 is 0 Å². The van der Waals surface area contributed by atoms with Gasteiger partial charge in [-0.3, -0.25) is 9.79 Å². The predicted molar refractivity (Wildman–Crippen MR) is 110 cm³/mol. The summed E-state index contributed by atoms with van der Waals surface area (Å²) in [6, 6.07) is 5.68. The number of nitrogens with zero attached hydrogens (tertiary/aromatic N) is 1. The lowest BCUT2D eigenvalue weighted by Gasteiger charge is -2.17. The summed E-state index contributed by atoms with van der Waals surface area (Å²) in [4.78, 5) is 16.3. The number of hydrogen-bond acceptors (Lipinski definition) is 5. The molecule has 0 spiro atoms. The topological polar surface area (TPSA) is 101 Å². The summed E-state index contributed by atoms with van der Waals surface area (Å²) in [6.45, 7) is 6.05. The van der Waals surface area contributed by atoms with Crippen LogP contribution in [0, 0.1) is 5.41 Å². The van der Waals surface area contributed by atoms with Crippen LogP contribution in [0.15, 0.2) is 71.0 Å². The van der Waals surface area contributed by atoms with Crippen molar-refractivity contribution < 1.29 is 9.53 Å². The number of ether oxygens (including phenoxy) is 1. The highest BCUT2D eigenvalue weighted by atomic mass is 16.5. The van der Waals surface area contributed by atoms with E-state index >= 15 is 0 Å². The van der Waals surface area contributed by atoms with Crippen molar-refractivity contribution in [3.05, 3.63) is 71.6 Å². The first-order valence-corrected chi connectivity index (χ1v) is 8.61. The Morgan fingerprint density at radius 2 is 2.22 bits per heavy atom. The molecule has 0 radical (unpaired) electrons. The number of amides is 1. The van der Waals surface area contributed by atoms with E-state index < -0.39 is 0 Å². The molecule has 0 unspecified atom stereocenters. The number of aliphatic imine (C=N–C) groups is 1. The van der Waals surface area contributed by atoms with Gasteiger partial charge in [-0.05, 0) is 48.6 Å². The molecular formula is C21H24N4O2. The second-order valence-corrected chi connectivity index (χ2v) is 5.90. The van der Waals surface area contributed by atoms with Gasteiger partial charge in [0, 0.05) is 48.2 Å². The van der Waals surface area contributed by atoms with Crippen LogP contribution in [0.1, 0.15) is 18.9 Å². The summed E-state index contributed by atoms with van der Waals surface area (Å²) in [5.74, 6) is 0.539. The fraction of sp³-hybridized carbons (Fsp3) is 0.190. The van der Waals surface area contributed by atoms with Crippen LogP contribution in [0.3, 0.4) is 0 Å². The van der Waals surface area contributed by atoms with E-state index in [0.29, 0.717) is 23.4 Å². The van der Waals surface area contributed by atoms with E-state index in [1.807, 2.05) is 18.2 Å². The van der Waals surface area contributed by atoms with Gasteiger partial charge in [-0.1, -0.05) is 12.6 Å². The van der Waals surface area contributed by atoms with Crippen molar-refractivity contribution in [2.45, 2.75) is 19.8 Å². The SMILES string of the molecule is C=C\N=C/C(/C=C/C(=O)Nc1ccc2c(c1)OCCC2)=C(C)/C(C=N)=C/N. The lowest BCUT2D eigenvalue weighted by atomic mass is 10.0. The number of nitrogens with two attached hydrogens (primary N) is 1. The summed E-state index contributed by atoms with van der Waals surface area (Å²) < 4.78 is 5.63. The monoisotopic (exact) mass is 364 g/mol. The van der Waals surface area contributed by atoms with E-state index in [-0.39, 0.29) is 5.91 Å². The van der Waals surface area contributed by atoms with Gasteiger partial charge < -0.3 is 21.2 Å². The third-order valence-corrected chi connectivity index (χ3v) is 4.12. The molecule has 27 heavy (non-hydrogen) atoms. The fourth-order valence-electron chi connectivity index (χ4n) is 2.61. The van der Waals surface area contributed by atoms with E-state index in [1.165, 1.54) is 18.5 Å². The van der Waals surface area contributed by atoms with Gasteiger partial charge in [0.15, 0.2) is 0 Å². The van der Waals surface area contributed by atoms with Crippen LogP contribution in [-0.4, -0.2) is 24.9 Å². The van der Waals surface area contributed by atoms with Gasteiger partial charge >= 0.3 is 0 Å². The van der Waals surface area contributed by atoms with Gasteiger partial charge in [-0.25, -0.2) is 0 Å². The van der Waals surface area contributed by atoms with Gasteiger partial charge in [0.1, 0.15) is 5.75 Å². The van der Waals surface area contributed by atoms with Crippen LogP contribution in [0.5, 0.6) is 5.75 Å². The maximum atomic E-state index is 12.3. The first-order valence-electron chi connectivity index (χ1n) is 8.61. The molecule has 1 aromatic carbocycles. The minimum Gasteiger partial charge on any atom is -0.493 e. The maximum Gasteiger partial charge on any atom is 0.248 e. The predicted octanol–water partition coefficient (Wildman–Crippen LogP) is 3.53. The van der Waals surface area contributed by atoms with Crippen molar-refractivity contribution in [2.24, 2.45) is 10.7 Å². The molecular weight excluding hydrogens is 340 g/mol. The number of benzene rings is 1. The summed E-state index contributed by atoms with van der Waals surface area (Å²) >= 11 is 0. The fourth-order valence-corrected chi connectivity index (χ4v) is 2.61. The number of carbonyl (C=O) groups excluding carboxylic acids is 1. The largest absolute Gasteiger partial charge is 0.493 e. The molecule has 2 rings (SSSR count). The number of aryl methyl sites for hydroxylation is 1. The zero-order chi connectivity index (χ0) is 19.6. The van der Waals surface area contributed by atoms with Crippen LogP contribution < -0.4 is 15.8 Å². The Morgan fingerprint density at radius 3 is 2.93 bits per heavy atom. The van der Waals surface area contributed by atoms with Crippen molar-refractivity contribution in [1.29, 1.82) is 5.41 Å². The average molecular weight is 364 g/mol. The molecule has 0 aliphatic carbocycles. The first kappa shape index (κ1) is 19.9.